The van der Waals surface area contributed by atoms with Crippen LogP contribution in [0.3, 0.4) is 0 Å². The van der Waals surface area contributed by atoms with Crippen LogP contribution >= 0.6 is 0 Å². The molecule has 1 fully saturated rings. The molecule has 2 rings (SSSR count). The Kier molecular flexibility index (Phi) is 5.29. The molecule has 1 aromatic rings. The van der Waals surface area contributed by atoms with Crippen molar-refractivity contribution in [3.8, 4) is 0 Å². The summed E-state index contributed by atoms with van der Waals surface area (Å²) in [6, 6.07) is 2.18. The van der Waals surface area contributed by atoms with E-state index in [1.165, 1.54) is 0 Å². The zero-order chi connectivity index (χ0) is 14.4. The number of aromatic nitrogens is 2. The van der Waals surface area contributed by atoms with E-state index in [1.54, 1.807) is 12.4 Å². The number of piperazine rings is 1. The van der Waals surface area contributed by atoms with Crippen molar-refractivity contribution in [3.05, 3.63) is 18.5 Å². The van der Waals surface area contributed by atoms with Gasteiger partial charge in [0.25, 0.3) is 0 Å². The first-order valence-electron chi connectivity index (χ1n) is 7.18. The van der Waals surface area contributed by atoms with Crippen LogP contribution in [-0.2, 0) is 4.79 Å². The quantitative estimate of drug-likeness (QED) is 0.844. The molecule has 6 heteroatoms. The van der Waals surface area contributed by atoms with Crippen molar-refractivity contribution >= 4 is 11.9 Å². The molecule has 6 nitrogen and oxygen atoms in total. The van der Waals surface area contributed by atoms with Crippen molar-refractivity contribution in [2.45, 2.75) is 32.2 Å². The Hall–Kier alpha value is -1.69. The molecule has 1 unspecified atom stereocenters. The van der Waals surface area contributed by atoms with Crippen LogP contribution in [-0.4, -0.2) is 58.2 Å². The molecule has 2 heterocycles. The third kappa shape index (κ3) is 3.90. The van der Waals surface area contributed by atoms with E-state index in [9.17, 15) is 4.79 Å². The fourth-order valence-corrected chi connectivity index (χ4v) is 2.68. The standard InChI is InChI=1S/C14H22N4O2/c1-2-12(4-5-13(19)20)17-8-10-18(11-9-17)14-15-6-3-7-16-14/h3,6-7,12H,2,4-5,8-11H2,1H3,(H,19,20). The first-order chi connectivity index (χ1) is 9.70. The smallest absolute Gasteiger partial charge is 0.303 e. The molecule has 1 saturated heterocycles. The second kappa shape index (κ2) is 7.19. The van der Waals surface area contributed by atoms with E-state index in [-0.39, 0.29) is 6.42 Å². The van der Waals surface area contributed by atoms with Gasteiger partial charge in [-0.1, -0.05) is 6.92 Å². The molecule has 110 valence electrons. The molecule has 0 aliphatic carbocycles. The summed E-state index contributed by atoms with van der Waals surface area (Å²) in [5, 5.41) is 8.80. The third-order valence-corrected chi connectivity index (χ3v) is 3.83. The lowest BCUT2D eigenvalue weighted by Crippen LogP contribution is -2.50. The highest BCUT2D eigenvalue weighted by atomic mass is 16.4. The Bertz CT molecular complexity index is 418. The van der Waals surface area contributed by atoms with Gasteiger partial charge in [-0.15, -0.1) is 0 Å². The number of nitrogens with zero attached hydrogens (tertiary/aromatic N) is 4. The van der Waals surface area contributed by atoms with Crippen molar-refractivity contribution in [1.82, 2.24) is 14.9 Å². The zero-order valence-corrected chi connectivity index (χ0v) is 11.9. The van der Waals surface area contributed by atoms with Crippen molar-refractivity contribution < 1.29 is 9.90 Å². The van der Waals surface area contributed by atoms with Gasteiger partial charge in [0.05, 0.1) is 0 Å². The van der Waals surface area contributed by atoms with Crippen LogP contribution in [0.25, 0.3) is 0 Å². The summed E-state index contributed by atoms with van der Waals surface area (Å²) in [7, 11) is 0. The van der Waals surface area contributed by atoms with Crippen LogP contribution in [0.2, 0.25) is 0 Å². The molecule has 0 aromatic carbocycles. The minimum absolute atomic E-state index is 0.251. The highest BCUT2D eigenvalue weighted by Crippen LogP contribution is 2.16. The van der Waals surface area contributed by atoms with Gasteiger partial charge >= 0.3 is 5.97 Å². The molecule has 20 heavy (non-hydrogen) atoms. The Balaban J connectivity index is 1.85. The Morgan fingerprint density at radius 3 is 2.50 bits per heavy atom. The monoisotopic (exact) mass is 278 g/mol. The largest absolute Gasteiger partial charge is 0.481 e. The second-order valence-corrected chi connectivity index (χ2v) is 5.07. The summed E-state index contributed by atoms with van der Waals surface area (Å²) in [4.78, 5) is 23.8. The van der Waals surface area contributed by atoms with Crippen LogP contribution in [0.5, 0.6) is 0 Å². The molecular formula is C14H22N4O2. The lowest BCUT2D eigenvalue weighted by atomic mass is 10.1. The van der Waals surface area contributed by atoms with Gasteiger partial charge in [0.2, 0.25) is 5.95 Å². The lowest BCUT2D eigenvalue weighted by Gasteiger charge is -2.39. The summed E-state index contributed by atoms with van der Waals surface area (Å²) in [6.45, 7) is 5.80. The average Bonchev–Trinajstić information content (AvgIpc) is 2.49. The third-order valence-electron chi connectivity index (χ3n) is 3.83. The van der Waals surface area contributed by atoms with E-state index in [2.05, 4.69) is 26.7 Å². The topological polar surface area (TPSA) is 69.6 Å². The molecule has 0 radical (unpaired) electrons. The number of hydrogen-bond acceptors (Lipinski definition) is 5. The summed E-state index contributed by atoms with van der Waals surface area (Å²) in [6.07, 6.45) is 5.50. The molecule has 1 aliphatic rings. The molecule has 1 aromatic heterocycles. The maximum absolute atomic E-state index is 10.7. The summed E-state index contributed by atoms with van der Waals surface area (Å²) in [5.41, 5.74) is 0. The SMILES string of the molecule is CCC(CCC(=O)O)N1CCN(c2ncccn2)CC1. The first-order valence-corrected chi connectivity index (χ1v) is 7.18. The average molecular weight is 278 g/mol. The highest BCUT2D eigenvalue weighted by Gasteiger charge is 2.24. The second-order valence-electron chi connectivity index (χ2n) is 5.07. The van der Waals surface area contributed by atoms with Gasteiger partial charge in [-0.3, -0.25) is 9.69 Å². The predicted molar refractivity (Wildman–Crippen MR) is 76.8 cm³/mol. The number of hydrogen-bond donors (Lipinski definition) is 1. The van der Waals surface area contributed by atoms with Crippen LogP contribution in [0.15, 0.2) is 18.5 Å². The molecule has 1 N–H and O–H groups in total. The molecule has 0 amide bonds. The Morgan fingerprint density at radius 1 is 1.30 bits per heavy atom. The molecule has 0 bridgehead atoms. The fraction of sp³-hybridized carbons (Fsp3) is 0.643. The van der Waals surface area contributed by atoms with Gasteiger partial charge in [0, 0.05) is 51.0 Å². The van der Waals surface area contributed by atoms with Crippen molar-refractivity contribution in [2.24, 2.45) is 0 Å². The first kappa shape index (κ1) is 14.7. The fourth-order valence-electron chi connectivity index (χ4n) is 2.68. The normalized spacial score (nSPS) is 17.9. The van der Waals surface area contributed by atoms with E-state index >= 15 is 0 Å². The number of carboxylic acids is 1. The van der Waals surface area contributed by atoms with Gasteiger partial charge in [-0.2, -0.15) is 0 Å². The Labute approximate surface area is 119 Å². The zero-order valence-electron chi connectivity index (χ0n) is 11.9. The van der Waals surface area contributed by atoms with E-state index in [0.29, 0.717) is 6.04 Å². The number of anilines is 1. The summed E-state index contributed by atoms with van der Waals surface area (Å²) >= 11 is 0. The van der Waals surface area contributed by atoms with Gasteiger partial charge < -0.3 is 10.0 Å². The van der Waals surface area contributed by atoms with Crippen molar-refractivity contribution in [2.75, 3.05) is 31.1 Å². The molecule has 1 atom stereocenters. The highest BCUT2D eigenvalue weighted by molar-refractivity contribution is 5.66. The van der Waals surface area contributed by atoms with E-state index < -0.39 is 5.97 Å². The summed E-state index contributed by atoms with van der Waals surface area (Å²) < 4.78 is 0. The molecule has 0 saturated carbocycles. The maximum Gasteiger partial charge on any atom is 0.303 e. The van der Waals surface area contributed by atoms with Crippen molar-refractivity contribution in [1.29, 1.82) is 0 Å². The lowest BCUT2D eigenvalue weighted by molar-refractivity contribution is -0.137. The van der Waals surface area contributed by atoms with E-state index in [1.807, 2.05) is 6.07 Å². The number of carboxylic acid groups (broad SMARTS) is 1. The molecule has 1 aliphatic heterocycles. The van der Waals surface area contributed by atoms with Gasteiger partial charge in [-0.25, -0.2) is 9.97 Å². The predicted octanol–water partition coefficient (Wildman–Crippen LogP) is 1.24. The van der Waals surface area contributed by atoms with Gasteiger partial charge in [-0.05, 0) is 18.9 Å². The Morgan fingerprint density at radius 2 is 1.95 bits per heavy atom. The maximum atomic E-state index is 10.7. The van der Waals surface area contributed by atoms with E-state index in [0.717, 1.165) is 45.0 Å². The number of rotatable bonds is 6. The number of carbonyl (C=O) groups is 1. The van der Waals surface area contributed by atoms with Gasteiger partial charge in [0.1, 0.15) is 0 Å². The van der Waals surface area contributed by atoms with Crippen LogP contribution in [0, 0.1) is 0 Å². The van der Waals surface area contributed by atoms with Crippen molar-refractivity contribution in [3.63, 3.8) is 0 Å². The van der Waals surface area contributed by atoms with Crippen LogP contribution in [0.1, 0.15) is 26.2 Å². The summed E-state index contributed by atoms with van der Waals surface area (Å²) in [5.74, 6) is 0.0745. The number of aliphatic carboxylic acids is 1. The van der Waals surface area contributed by atoms with Gasteiger partial charge in [0.15, 0.2) is 0 Å². The molecule has 0 spiro atoms. The van der Waals surface area contributed by atoms with Crippen LogP contribution in [0.4, 0.5) is 5.95 Å². The molecular weight excluding hydrogens is 256 g/mol. The minimum atomic E-state index is -0.709. The minimum Gasteiger partial charge on any atom is -0.481 e. The van der Waals surface area contributed by atoms with E-state index in [4.69, 9.17) is 5.11 Å². The van der Waals surface area contributed by atoms with Crippen LogP contribution < -0.4 is 4.90 Å².